The lowest BCUT2D eigenvalue weighted by molar-refractivity contribution is -0.738. The Hall–Kier alpha value is -1.92. The average molecular weight is 391 g/mol. The molecule has 27 heavy (non-hydrogen) atoms. The van der Waals surface area contributed by atoms with Gasteiger partial charge in [-0.1, -0.05) is 25.4 Å². The fourth-order valence-electron chi connectivity index (χ4n) is 5.13. The zero-order chi connectivity index (χ0) is 19.9. The Labute approximate surface area is 163 Å². The first-order valence-electron chi connectivity index (χ1n) is 9.35. The highest BCUT2D eigenvalue weighted by molar-refractivity contribution is 6.31. The van der Waals surface area contributed by atoms with Gasteiger partial charge in [-0.2, -0.15) is 0 Å². The van der Waals surface area contributed by atoms with Gasteiger partial charge in [-0.3, -0.25) is 19.3 Å². The lowest BCUT2D eigenvalue weighted by atomic mass is 9.76. The fraction of sp³-hybridized carbons (Fsp3) is 0.550. The number of nitrogens with two attached hydrogens (primary N) is 1. The smallest absolute Gasteiger partial charge is 0.291 e. The molecule has 0 aliphatic carbocycles. The maximum absolute atomic E-state index is 13.5. The van der Waals surface area contributed by atoms with Gasteiger partial charge in [0.25, 0.3) is 5.91 Å². The zero-order valence-corrected chi connectivity index (χ0v) is 16.9. The molecule has 1 spiro atoms. The van der Waals surface area contributed by atoms with Crippen molar-refractivity contribution < 1.29 is 19.7 Å². The molecule has 2 saturated heterocycles. The molecule has 144 valence electrons. The Morgan fingerprint density at radius 3 is 2.44 bits per heavy atom. The van der Waals surface area contributed by atoms with Crippen molar-refractivity contribution in [2.75, 3.05) is 5.32 Å². The number of hydrogen-bond donors (Lipinski definition) is 2. The van der Waals surface area contributed by atoms with Crippen LogP contribution in [0.4, 0.5) is 5.69 Å². The van der Waals surface area contributed by atoms with Crippen LogP contribution in [0.3, 0.4) is 0 Å². The predicted molar refractivity (Wildman–Crippen MR) is 101 cm³/mol. The van der Waals surface area contributed by atoms with Crippen LogP contribution in [0.15, 0.2) is 18.2 Å². The minimum atomic E-state index is -1.15. The molecule has 7 heteroatoms. The molecule has 3 aliphatic heterocycles. The molecule has 6 nitrogen and oxygen atoms in total. The number of amides is 3. The van der Waals surface area contributed by atoms with E-state index >= 15 is 0 Å². The monoisotopic (exact) mass is 390 g/mol. The van der Waals surface area contributed by atoms with E-state index in [0.29, 0.717) is 16.3 Å². The maximum atomic E-state index is 13.5. The lowest BCUT2D eigenvalue weighted by Gasteiger charge is -2.33. The average Bonchev–Trinajstić information content (AvgIpc) is 3.13. The number of nitrogens with one attached hydrogen (secondary N) is 1. The highest BCUT2D eigenvalue weighted by atomic mass is 35.5. The van der Waals surface area contributed by atoms with Crippen LogP contribution in [0, 0.1) is 17.8 Å². The molecule has 2 fully saturated rings. The van der Waals surface area contributed by atoms with E-state index in [-0.39, 0.29) is 29.7 Å². The largest absolute Gasteiger partial charge is 0.326 e. The second kappa shape index (κ2) is 5.55. The van der Waals surface area contributed by atoms with Crippen molar-refractivity contribution in [1.82, 2.24) is 4.90 Å². The molecular formula is C20H25ClN3O3+. The summed E-state index contributed by atoms with van der Waals surface area (Å²) in [6, 6.07) is 5.07. The molecule has 1 aromatic carbocycles. The first kappa shape index (κ1) is 18.4. The van der Waals surface area contributed by atoms with Gasteiger partial charge >= 0.3 is 0 Å². The number of hydrogen-bond acceptors (Lipinski definition) is 3. The van der Waals surface area contributed by atoms with E-state index in [0.717, 1.165) is 0 Å². The van der Waals surface area contributed by atoms with Crippen molar-refractivity contribution >= 4 is 35.0 Å². The van der Waals surface area contributed by atoms with E-state index < -0.39 is 22.9 Å². The lowest BCUT2D eigenvalue weighted by Crippen LogP contribution is -2.99. The number of benzene rings is 1. The maximum Gasteiger partial charge on any atom is 0.291 e. The summed E-state index contributed by atoms with van der Waals surface area (Å²) in [6.07, 6.45) is 0. The zero-order valence-electron chi connectivity index (χ0n) is 16.2. The minimum Gasteiger partial charge on any atom is -0.326 e. The number of rotatable bonds is 1. The van der Waals surface area contributed by atoms with Crippen LogP contribution in [0.2, 0.25) is 5.02 Å². The molecule has 0 bridgehead atoms. The molecule has 3 heterocycles. The highest BCUT2D eigenvalue weighted by Gasteiger charge is 2.75. The van der Waals surface area contributed by atoms with Gasteiger partial charge < -0.3 is 10.6 Å². The number of halogens is 1. The summed E-state index contributed by atoms with van der Waals surface area (Å²) in [6.45, 7) is 9.61. The van der Waals surface area contributed by atoms with E-state index in [4.69, 9.17) is 11.6 Å². The van der Waals surface area contributed by atoms with E-state index in [1.807, 2.05) is 39.9 Å². The van der Waals surface area contributed by atoms with Gasteiger partial charge in [0, 0.05) is 22.0 Å². The molecule has 3 amide bonds. The Kier molecular flexibility index (Phi) is 3.79. The number of imide groups is 1. The summed E-state index contributed by atoms with van der Waals surface area (Å²) in [5.74, 6) is -1.80. The Balaban J connectivity index is 1.95. The molecule has 4 rings (SSSR count). The van der Waals surface area contributed by atoms with Gasteiger partial charge in [0.15, 0.2) is 0 Å². The number of likely N-dealkylation sites (tertiary alicyclic amines) is 1. The number of carbonyl (C=O) groups is 3. The van der Waals surface area contributed by atoms with Gasteiger partial charge in [-0.25, -0.2) is 0 Å². The normalized spacial score (nSPS) is 32.5. The van der Waals surface area contributed by atoms with Crippen molar-refractivity contribution in [1.29, 1.82) is 0 Å². The Morgan fingerprint density at radius 2 is 1.85 bits per heavy atom. The van der Waals surface area contributed by atoms with Gasteiger partial charge in [-0.05, 0) is 39.0 Å². The van der Waals surface area contributed by atoms with Crippen LogP contribution in [0.1, 0.15) is 40.2 Å². The number of anilines is 1. The molecule has 1 aromatic rings. The third-order valence-electron chi connectivity index (χ3n) is 6.20. The topological polar surface area (TPSA) is 83.1 Å². The number of nitrogens with zero attached hydrogens (tertiary/aromatic N) is 1. The summed E-state index contributed by atoms with van der Waals surface area (Å²) >= 11 is 6.23. The first-order valence-corrected chi connectivity index (χ1v) is 9.73. The quantitative estimate of drug-likeness (QED) is 0.712. The second-order valence-electron chi connectivity index (χ2n) is 9.19. The summed E-state index contributed by atoms with van der Waals surface area (Å²) in [5, 5.41) is 5.36. The predicted octanol–water partition coefficient (Wildman–Crippen LogP) is 1.49. The second-order valence-corrected chi connectivity index (χ2v) is 9.62. The molecule has 4 atom stereocenters. The van der Waals surface area contributed by atoms with Gasteiger partial charge in [-0.15, -0.1) is 0 Å². The third-order valence-corrected chi connectivity index (χ3v) is 6.44. The number of quaternary nitrogens is 1. The van der Waals surface area contributed by atoms with Gasteiger partial charge in [0.1, 0.15) is 17.9 Å². The Bertz CT molecular complexity index is 876. The molecule has 0 radical (unpaired) electrons. The van der Waals surface area contributed by atoms with Crippen LogP contribution in [0.5, 0.6) is 0 Å². The third kappa shape index (κ3) is 2.26. The highest BCUT2D eigenvalue weighted by Crippen LogP contribution is 2.51. The molecule has 0 aromatic heterocycles. The van der Waals surface area contributed by atoms with Crippen molar-refractivity contribution in [2.24, 2.45) is 17.8 Å². The molecule has 3 N–H and O–H groups in total. The summed E-state index contributed by atoms with van der Waals surface area (Å²) in [5.41, 5.74) is -0.409. The summed E-state index contributed by atoms with van der Waals surface area (Å²) in [4.78, 5) is 41.4. The van der Waals surface area contributed by atoms with Crippen LogP contribution < -0.4 is 10.6 Å². The number of fused-ring (bicyclic) bond motifs is 4. The van der Waals surface area contributed by atoms with Crippen molar-refractivity contribution in [3.05, 3.63) is 28.8 Å². The van der Waals surface area contributed by atoms with E-state index in [9.17, 15) is 14.4 Å². The standard InChI is InChI=1S/C20H24ClN3O3/c1-9(2)15-13-14(17(26)24(16(13)25)19(3,4)5)20(23-15)11-8-10(21)6-7-12(11)22-18(20)27/h6-9,13-15,23H,1-5H3,(H,22,27)/p+1/t13-,14-,15+,20-/m0/s1. The van der Waals surface area contributed by atoms with Crippen molar-refractivity contribution in [2.45, 2.75) is 51.7 Å². The van der Waals surface area contributed by atoms with Crippen molar-refractivity contribution in [3.8, 4) is 0 Å². The van der Waals surface area contributed by atoms with E-state index in [1.165, 1.54) is 4.90 Å². The SMILES string of the molecule is CC(C)[C@H]1[NH2+][C@]2(C(=O)Nc3ccc(Cl)cc32)[C@@H]2C(=O)N(C(C)(C)C)C(=O)[C@H]12. The summed E-state index contributed by atoms with van der Waals surface area (Å²) < 4.78 is 0. The molecular weight excluding hydrogens is 366 g/mol. The molecule has 3 aliphatic rings. The van der Waals surface area contributed by atoms with Crippen LogP contribution in [-0.2, 0) is 19.9 Å². The first-order chi connectivity index (χ1) is 12.5. The van der Waals surface area contributed by atoms with Crippen molar-refractivity contribution in [3.63, 3.8) is 0 Å². The fourth-order valence-corrected chi connectivity index (χ4v) is 5.30. The van der Waals surface area contributed by atoms with E-state index in [1.54, 1.807) is 18.2 Å². The van der Waals surface area contributed by atoms with Gasteiger partial charge in [0.2, 0.25) is 17.4 Å². The van der Waals surface area contributed by atoms with Gasteiger partial charge in [0.05, 0.1) is 5.69 Å². The summed E-state index contributed by atoms with van der Waals surface area (Å²) in [7, 11) is 0. The Morgan fingerprint density at radius 1 is 1.19 bits per heavy atom. The van der Waals surface area contributed by atoms with Crippen LogP contribution in [0.25, 0.3) is 0 Å². The molecule has 0 unspecified atom stereocenters. The minimum absolute atomic E-state index is 0.129. The molecule has 0 saturated carbocycles. The number of carbonyl (C=O) groups excluding carboxylic acids is 3. The van der Waals surface area contributed by atoms with E-state index in [2.05, 4.69) is 5.32 Å². The van der Waals surface area contributed by atoms with Crippen LogP contribution in [-0.4, -0.2) is 34.2 Å². The van der Waals surface area contributed by atoms with Crippen LogP contribution >= 0.6 is 11.6 Å².